The molecule has 26 heavy (non-hydrogen) atoms. The first-order valence-electron chi connectivity index (χ1n) is 10.1. The molecular formula is C20H28N2O2S2. The lowest BCUT2D eigenvalue weighted by Crippen LogP contribution is -2.48. The lowest BCUT2D eigenvalue weighted by Gasteiger charge is -2.56. The lowest BCUT2D eigenvalue weighted by atomic mass is 9.56. The van der Waals surface area contributed by atoms with Crippen molar-refractivity contribution in [3.63, 3.8) is 0 Å². The van der Waals surface area contributed by atoms with Crippen LogP contribution in [0, 0.1) is 17.8 Å². The molecule has 4 aliphatic carbocycles. The summed E-state index contributed by atoms with van der Waals surface area (Å²) in [5.41, 5.74) is 1.26. The number of carbonyl (C=O) groups is 1. The van der Waals surface area contributed by atoms with E-state index in [9.17, 15) is 4.79 Å². The molecule has 0 atom stereocenters. The molecule has 4 bridgehead atoms. The smallest absolute Gasteiger partial charge is 0.407 e. The Labute approximate surface area is 163 Å². The van der Waals surface area contributed by atoms with Gasteiger partial charge in [-0.1, -0.05) is 0 Å². The normalized spacial score (nSPS) is 36.6. The molecule has 1 saturated heterocycles. The zero-order valence-corrected chi connectivity index (χ0v) is 16.9. The number of likely N-dealkylation sites (tertiary alicyclic amines) is 1. The number of hydrogen-bond acceptors (Lipinski definition) is 4. The van der Waals surface area contributed by atoms with Crippen LogP contribution in [0.1, 0.15) is 68.0 Å². The average Bonchev–Trinajstić information content (AvgIpc) is 3.08. The van der Waals surface area contributed by atoms with Crippen LogP contribution in [0.5, 0.6) is 0 Å². The number of thioether (sulfide) groups is 1. The van der Waals surface area contributed by atoms with Crippen LogP contribution < -0.4 is 0 Å². The third kappa shape index (κ3) is 3.28. The van der Waals surface area contributed by atoms with Gasteiger partial charge < -0.3 is 10.0 Å². The summed E-state index contributed by atoms with van der Waals surface area (Å²) in [6.45, 7) is 1.30. The third-order valence-electron chi connectivity index (χ3n) is 7.19. The minimum absolute atomic E-state index is 0.453. The van der Waals surface area contributed by atoms with Gasteiger partial charge in [-0.15, -0.1) is 23.1 Å². The number of nitrogens with zero attached hydrogens (tertiary/aromatic N) is 2. The summed E-state index contributed by atoms with van der Waals surface area (Å²) in [6, 6.07) is 0. The molecule has 1 aliphatic heterocycles. The summed E-state index contributed by atoms with van der Waals surface area (Å²) in [4.78, 5) is 17.5. The Hall–Kier alpha value is -0.750. The zero-order valence-electron chi connectivity index (χ0n) is 15.2. The van der Waals surface area contributed by atoms with Crippen molar-refractivity contribution in [2.45, 2.75) is 67.8 Å². The van der Waals surface area contributed by atoms with Crippen molar-refractivity contribution in [3.8, 4) is 0 Å². The Morgan fingerprint density at radius 3 is 2.38 bits per heavy atom. The van der Waals surface area contributed by atoms with E-state index in [0.717, 1.165) is 36.3 Å². The Bertz CT molecular complexity index is 646. The highest BCUT2D eigenvalue weighted by atomic mass is 32.2. The Morgan fingerprint density at radius 2 is 1.81 bits per heavy atom. The summed E-state index contributed by atoms with van der Waals surface area (Å²) in [7, 11) is 0. The number of hydrogen-bond donors (Lipinski definition) is 1. The maximum atomic E-state index is 11.1. The molecule has 1 aromatic rings. The second-order valence-electron chi connectivity index (χ2n) is 9.11. The van der Waals surface area contributed by atoms with Crippen LogP contribution in [-0.4, -0.2) is 38.9 Å². The van der Waals surface area contributed by atoms with Gasteiger partial charge in [0.25, 0.3) is 0 Å². The van der Waals surface area contributed by atoms with Crippen molar-refractivity contribution in [1.82, 2.24) is 9.88 Å². The van der Waals surface area contributed by atoms with Crippen LogP contribution >= 0.6 is 23.1 Å². The van der Waals surface area contributed by atoms with Gasteiger partial charge in [0.2, 0.25) is 0 Å². The van der Waals surface area contributed by atoms with Gasteiger partial charge >= 0.3 is 6.09 Å². The highest BCUT2D eigenvalue weighted by Gasteiger charge is 2.51. The molecule has 4 nitrogen and oxygen atoms in total. The van der Waals surface area contributed by atoms with Crippen molar-refractivity contribution < 1.29 is 9.90 Å². The number of thiazole rings is 1. The van der Waals surface area contributed by atoms with Gasteiger partial charge in [0, 0.05) is 34.9 Å². The molecule has 1 N–H and O–H groups in total. The molecular weight excluding hydrogens is 364 g/mol. The first-order chi connectivity index (χ1) is 12.6. The van der Waals surface area contributed by atoms with Crippen molar-refractivity contribution >= 4 is 29.2 Å². The number of rotatable bonds is 4. The largest absolute Gasteiger partial charge is 0.465 e. The van der Waals surface area contributed by atoms with E-state index < -0.39 is 6.09 Å². The van der Waals surface area contributed by atoms with Gasteiger partial charge in [-0.25, -0.2) is 9.78 Å². The van der Waals surface area contributed by atoms with Crippen molar-refractivity contribution in [1.29, 1.82) is 0 Å². The fraction of sp³-hybridized carbons (Fsp3) is 0.800. The van der Waals surface area contributed by atoms with Crippen molar-refractivity contribution in [2.75, 3.05) is 13.1 Å². The van der Waals surface area contributed by atoms with Gasteiger partial charge in [0.05, 0.1) is 10.7 Å². The predicted octanol–water partition coefficient (Wildman–Crippen LogP) is 5.20. The molecule has 2 heterocycles. The summed E-state index contributed by atoms with van der Waals surface area (Å²) < 4.78 is 0.561. The van der Waals surface area contributed by atoms with Crippen molar-refractivity contribution in [2.24, 2.45) is 17.8 Å². The second kappa shape index (κ2) is 6.69. The zero-order chi connectivity index (χ0) is 17.7. The molecule has 0 unspecified atom stereocenters. The topological polar surface area (TPSA) is 53.4 Å². The monoisotopic (exact) mass is 392 g/mol. The average molecular weight is 393 g/mol. The van der Waals surface area contributed by atoms with E-state index in [1.165, 1.54) is 54.1 Å². The first kappa shape index (κ1) is 17.4. The van der Waals surface area contributed by atoms with E-state index in [0.29, 0.717) is 23.8 Å². The summed E-state index contributed by atoms with van der Waals surface area (Å²) in [5, 5.41) is 12.6. The SMILES string of the molecule is O=C(O)N1CCC(c2nc(CSC34CC5CC(CC(C5)C3)C4)cs2)CC1. The number of aromatic nitrogens is 1. The molecule has 5 fully saturated rings. The van der Waals surface area contributed by atoms with E-state index in [1.54, 1.807) is 11.3 Å². The van der Waals surface area contributed by atoms with Crippen LogP contribution in [0.15, 0.2) is 5.38 Å². The molecule has 0 aromatic carbocycles. The van der Waals surface area contributed by atoms with E-state index >= 15 is 0 Å². The van der Waals surface area contributed by atoms with Crippen LogP contribution in [0.2, 0.25) is 0 Å². The Morgan fingerprint density at radius 1 is 1.19 bits per heavy atom. The van der Waals surface area contributed by atoms with Gasteiger partial charge in [0.1, 0.15) is 0 Å². The molecule has 6 heteroatoms. The van der Waals surface area contributed by atoms with Crippen molar-refractivity contribution in [3.05, 3.63) is 16.1 Å². The molecule has 0 radical (unpaired) electrons. The fourth-order valence-electron chi connectivity index (χ4n) is 6.33. The highest BCUT2D eigenvalue weighted by Crippen LogP contribution is 2.61. The highest BCUT2D eigenvalue weighted by molar-refractivity contribution is 7.99. The Balaban J connectivity index is 1.19. The van der Waals surface area contributed by atoms with E-state index in [2.05, 4.69) is 17.1 Å². The van der Waals surface area contributed by atoms with Crippen LogP contribution in [0.25, 0.3) is 0 Å². The third-order valence-corrected chi connectivity index (χ3v) is 9.80. The number of piperidine rings is 1. The second-order valence-corrected chi connectivity index (χ2v) is 11.4. The molecule has 0 spiro atoms. The van der Waals surface area contributed by atoms with Crippen LogP contribution in [0.3, 0.4) is 0 Å². The number of amides is 1. The molecule has 4 saturated carbocycles. The maximum absolute atomic E-state index is 11.1. The van der Waals surface area contributed by atoms with E-state index in [1.807, 2.05) is 0 Å². The minimum Gasteiger partial charge on any atom is -0.465 e. The van der Waals surface area contributed by atoms with Gasteiger partial charge in [0.15, 0.2) is 0 Å². The standard InChI is InChI=1S/C20H28N2O2S2/c23-19(24)22-3-1-16(2-4-22)18-21-17(11-25-18)12-26-20-8-13-5-14(9-20)7-15(6-13)10-20/h11,13-16H,1-10,12H2,(H,23,24). The van der Waals surface area contributed by atoms with Crippen LogP contribution in [-0.2, 0) is 5.75 Å². The fourth-order valence-corrected chi connectivity index (χ4v) is 9.09. The van der Waals surface area contributed by atoms with Gasteiger partial charge in [-0.05, 0) is 69.1 Å². The van der Waals surface area contributed by atoms with Crippen LogP contribution in [0.4, 0.5) is 4.79 Å². The molecule has 6 rings (SSSR count). The summed E-state index contributed by atoms with van der Waals surface area (Å²) >= 11 is 4.00. The quantitative estimate of drug-likeness (QED) is 0.765. The van der Waals surface area contributed by atoms with E-state index in [-0.39, 0.29) is 0 Å². The summed E-state index contributed by atoms with van der Waals surface area (Å²) in [6.07, 6.45) is 9.94. The molecule has 1 aromatic heterocycles. The summed E-state index contributed by atoms with van der Waals surface area (Å²) in [5.74, 6) is 4.56. The lowest BCUT2D eigenvalue weighted by molar-refractivity contribution is 0.0383. The van der Waals surface area contributed by atoms with Gasteiger partial charge in [-0.2, -0.15) is 0 Å². The minimum atomic E-state index is -0.782. The first-order valence-corrected chi connectivity index (χ1v) is 12.0. The Kier molecular flexibility index (Phi) is 4.47. The molecule has 142 valence electrons. The maximum Gasteiger partial charge on any atom is 0.407 e. The predicted molar refractivity (Wildman–Crippen MR) is 106 cm³/mol. The van der Waals surface area contributed by atoms with Gasteiger partial charge in [-0.3, -0.25) is 0 Å². The molecule has 5 aliphatic rings. The van der Waals surface area contributed by atoms with E-state index in [4.69, 9.17) is 10.1 Å². The number of carboxylic acid groups (broad SMARTS) is 1. The molecule has 1 amide bonds.